The predicted octanol–water partition coefficient (Wildman–Crippen LogP) is 4.25. The fourth-order valence-electron chi connectivity index (χ4n) is 2.10. The van der Waals surface area contributed by atoms with Crippen molar-refractivity contribution in [2.24, 2.45) is 0 Å². The predicted molar refractivity (Wildman–Crippen MR) is 68.2 cm³/mol. The molecular weight excluding hydrogens is 196 g/mol. The highest BCUT2D eigenvalue weighted by molar-refractivity contribution is 5.42. The summed E-state index contributed by atoms with van der Waals surface area (Å²) in [6, 6.07) is 6.51. The minimum absolute atomic E-state index is 0.413. The van der Waals surface area contributed by atoms with E-state index in [-0.39, 0.29) is 0 Å². The van der Waals surface area contributed by atoms with Gasteiger partial charge in [0.25, 0.3) is 0 Å². The fraction of sp³-hybridized carbons (Fsp3) is 0.467. The van der Waals surface area contributed by atoms with Gasteiger partial charge in [-0.3, -0.25) is 0 Å². The van der Waals surface area contributed by atoms with Crippen LogP contribution in [0.4, 0.5) is 0 Å². The van der Waals surface area contributed by atoms with Crippen LogP contribution >= 0.6 is 0 Å². The van der Waals surface area contributed by atoms with Crippen LogP contribution in [-0.4, -0.2) is 6.61 Å². The van der Waals surface area contributed by atoms with E-state index in [0.717, 1.165) is 18.3 Å². The third-order valence-corrected chi connectivity index (χ3v) is 3.23. The Bertz CT molecular complexity index is 377. The lowest BCUT2D eigenvalue weighted by atomic mass is 9.93. The molecule has 0 spiro atoms. The molecular formula is C15H20O. The van der Waals surface area contributed by atoms with E-state index >= 15 is 0 Å². The van der Waals surface area contributed by atoms with E-state index in [1.807, 2.05) is 13.0 Å². The molecule has 1 nitrogen and oxygen atoms in total. The smallest absolute Gasteiger partial charge is 0.119 e. The monoisotopic (exact) mass is 216 g/mol. The van der Waals surface area contributed by atoms with Crippen molar-refractivity contribution in [3.8, 4) is 5.75 Å². The van der Waals surface area contributed by atoms with Gasteiger partial charge in [0.1, 0.15) is 5.75 Å². The Kier molecular flexibility index (Phi) is 3.33. The number of ether oxygens (including phenoxy) is 1. The van der Waals surface area contributed by atoms with Crippen LogP contribution < -0.4 is 4.74 Å². The first kappa shape index (κ1) is 11.3. The number of allylic oxidation sites excluding steroid dienone is 1. The summed E-state index contributed by atoms with van der Waals surface area (Å²) in [6.07, 6.45) is 4.69. The maximum Gasteiger partial charge on any atom is 0.119 e. The summed E-state index contributed by atoms with van der Waals surface area (Å²) in [6.45, 7) is 8.84. The molecule has 1 aliphatic rings. The van der Waals surface area contributed by atoms with E-state index in [0.29, 0.717) is 5.92 Å². The molecule has 0 radical (unpaired) electrons. The van der Waals surface area contributed by atoms with Gasteiger partial charge in [-0.1, -0.05) is 19.1 Å². The van der Waals surface area contributed by atoms with Gasteiger partial charge in [0.05, 0.1) is 6.61 Å². The summed E-state index contributed by atoms with van der Waals surface area (Å²) in [5, 5.41) is 0. The Morgan fingerprint density at radius 3 is 2.81 bits per heavy atom. The highest BCUT2D eigenvalue weighted by Gasteiger charge is 2.27. The molecule has 1 unspecified atom stereocenters. The standard InChI is InChI=1S/C15H20O/c1-4-11(3)15-10-13(16-5-2)8-9-14(15)12-6-7-12/h4,8-12H,1,5-7H2,2-3H3. The van der Waals surface area contributed by atoms with Gasteiger partial charge in [-0.05, 0) is 54.9 Å². The molecule has 2 rings (SSSR count). The lowest BCUT2D eigenvalue weighted by Gasteiger charge is -2.15. The third kappa shape index (κ3) is 2.29. The fourth-order valence-corrected chi connectivity index (χ4v) is 2.10. The van der Waals surface area contributed by atoms with E-state index in [1.54, 1.807) is 0 Å². The van der Waals surface area contributed by atoms with Crippen LogP contribution in [0.25, 0.3) is 0 Å². The molecule has 0 N–H and O–H groups in total. The normalized spacial score (nSPS) is 16.9. The van der Waals surface area contributed by atoms with E-state index < -0.39 is 0 Å². The zero-order chi connectivity index (χ0) is 11.5. The average Bonchev–Trinajstić information content (AvgIpc) is 3.12. The Balaban J connectivity index is 2.33. The van der Waals surface area contributed by atoms with Gasteiger partial charge in [0, 0.05) is 0 Å². The van der Waals surface area contributed by atoms with Crippen LogP contribution in [0, 0.1) is 0 Å². The quantitative estimate of drug-likeness (QED) is 0.668. The molecule has 0 bridgehead atoms. The zero-order valence-electron chi connectivity index (χ0n) is 10.2. The topological polar surface area (TPSA) is 9.23 Å². The maximum atomic E-state index is 5.56. The molecule has 0 amide bonds. The van der Waals surface area contributed by atoms with Crippen molar-refractivity contribution in [2.75, 3.05) is 6.61 Å². The SMILES string of the molecule is C=CC(C)c1cc(OCC)ccc1C1CC1. The van der Waals surface area contributed by atoms with E-state index in [4.69, 9.17) is 4.74 Å². The van der Waals surface area contributed by atoms with Gasteiger partial charge in [0.15, 0.2) is 0 Å². The summed E-state index contributed by atoms with van der Waals surface area (Å²) < 4.78 is 5.56. The summed E-state index contributed by atoms with van der Waals surface area (Å²) >= 11 is 0. The van der Waals surface area contributed by atoms with Gasteiger partial charge in [-0.2, -0.15) is 0 Å². The molecule has 1 aromatic rings. The number of rotatable bonds is 5. The van der Waals surface area contributed by atoms with Crippen LogP contribution in [-0.2, 0) is 0 Å². The first-order chi connectivity index (χ1) is 7.76. The molecule has 86 valence electrons. The second-order valence-electron chi connectivity index (χ2n) is 4.52. The third-order valence-electron chi connectivity index (χ3n) is 3.23. The van der Waals surface area contributed by atoms with Crippen molar-refractivity contribution in [1.82, 2.24) is 0 Å². The van der Waals surface area contributed by atoms with Crippen LogP contribution in [0.2, 0.25) is 0 Å². The van der Waals surface area contributed by atoms with Crippen molar-refractivity contribution in [2.45, 2.75) is 38.5 Å². The Hall–Kier alpha value is -1.24. The van der Waals surface area contributed by atoms with Crippen LogP contribution in [0.3, 0.4) is 0 Å². The molecule has 0 saturated heterocycles. The van der Waals surface area contributed by atoms with Crippen molar-refractivity contribution in [3.63, 3.8) is 0 Å². The number of benzene rings is 1. The lowest BCUT2D eigenvalue weighted by Crippen LogP contribution is -1.98. The largest absolute Gasteiger partial charge is 0.494 e. The van der Waals surface area contributed by atoms with Gasteiger partial charge < -0.3 is 4.74 Å². The molecule has 0 heterocycles. The molecule has 1 saturated carbocycles. The second kappa shape index (κ2) is 4.73. The minimum atomic E-state index is 0.413. The lowest BCUT2D eigenvalue weighted by molar-refractivity contribution is 0.339. The Morgan fingerprint density at radius 2 is 2.25 bits per heavy atom. The molecule has 1 heteroatoms. The van der Waals surface area contributed by atoms with Crippen LogP contribution in [0.15, 0.2) is 30.9 Å². The molecule has 1 aromatic carbocycles. The zero-order valence-corrected chi connectivity index (χ0v) is 10.2. The average molecular weight is 216 g/mol. The summed E-state index contributed by atoms with van der Waals surface area (Å²) in [7, 11) is 0. The second-order valence-corrected chi connectivity index (χ2v) is 4.52. The van der Waals surface area contributed by atoms with Gasteiger partial charge >= 0.3 is 0 Å². The van der Waals surface area contributed by atoms with Gasteiger partial charge in [-0.25, -0.2) is 0 Å². The van der Waals surface area contributed by atoms with Crippen molar-refractivity contribution >= 4 is 0 Å². The van der Waals surface area contributed by atoms with Crippen LogP contribution in [0.5, 0.6) is 5.75 Å². The van der Waals surface area contributed by atoms with Crippen molar-refractivity contribution < 1.29 is 4.74 Å². The first-order valence-corrected chi connectivity index (χ1v) is 6.15. The number of hydrogen-bond acceptors (Lipinski definition) is 1. The van der Waals surface area contributed by atoms with E-state index in [2.05, 4.69) is 31.7 Å². The molecule has 1 aliphatic carbocycles. The minimum Gasteiger partial charge on any atom is -0.494 e. The highest BCUT2D eigenvalue weighted by atomic mass is 16.5. The van der Waals surface area contributed by atoms with E-state index in [1.165, 1.54) is 24.0 Å². The van der Waals surface area contributed by atoms with Crippen LogP contribution in [0.1, 0.15) is 49.7 Å². The molecule has 16 heavy (non-hydrogen) atoms. The van der Waals surface area contributed by atoms with Crippen molar-refractivity contribution in [1.29, 1.82) is 0 Å². The molecule has 1 fully saturated rings. The molecule has 0 aliphatic heterocycles. The van der Waals surface area contributed by atoms with Gasteiger partial charge in [0.2, 0.25) is 0 Å². The van der Waals surface area contributed by atoms with Gasteiger partial charge in [-0.15, -0.1) is 6.58 Å². The summed E-state index contributed by atoms with van der Waals surface area (Å²) in [4.78, 5) is 0. The Labute approximate surface area is 98.1 Å². The first-order valence-electron chi connectivity index (χ1n) is 6.15. The molecule has 1 atom stereocenters. The molecule has 0 aromatic heterocycles. The van der Waals surface area contributed by atoms with Crippen molar-refractivity contribution in [3.05, 3.63) is 42.0 Å². The summed E-state index contributed by atoms with van der Waals surface area (Å²) in [5.74, 6) is 2.18. The Morgan fingerprint density at radius 1 is 1.50 bits per heavy atom. The number of hydrogen-bond donors (Lipinski definition) is 0. The maximum absolute atomic E-state index is 5.56. The summed E-state index contributed by atoms with van der Waals surface area (Å²) in [5.41, 5.74) is 2.89. The van der Waals surface area contributed by atoms with E-state index in [9.17, 15) is 0 Å². The highest BCUT2D eigenvalue weighted by Crippen LogP contribution is 2.44.